The van der Waals surface area contributed by atoms with Gasteiger partial charge in [-0.25, -0.2) is 8.42 Å². The lowest BCUT2D eigenvalue weighted by atomic mass is 10.2. The number of rotatable bonds is 7. The normalized spacial score (nSPS) is 11.0. The molecule has 0 radical (unpaired) electrons. The van der Waals surface area contributed by atoms with E-state index in [-0.39, 0.29) is 10.5 Å². The molecule has 0 fully saturated rings. The molecule has 3 aromatic carbocycles. The van der Waals surface area contributed by atoms with Gasteiger partial charge in [0.15, 0.2) is 0 Å². The number of amides is 1. The minimum Gasteiger partial charge on any atom is -0.497 e. The van der Waals surface area contributed by atoms with E-state index < -0.39 is 15.9 Å². The van der Waals surface area contributed by atoms with Gasteiger partial charge in [-0.1, -0.05) is 23.7 Å². The molecule has 7 nitrogen and oxygen atoms in total. The number of methoxy groups -OCH3 is 1. The Balaban J connectivity index is 1.89. The number of ether oxygens (including phenoxy) is 1. The van der Waals surface area contributed by atoms with Crippen molar-refractivity contribution in [3.05, 3.63) is 77.3 Å². The van der Waals surface area contributed by atoms with Crippen LogP contribution in [0.5, 0.6) is 5.75 Å². The molecular weight excluding hydrogens is 450 g/mol. The van der Waals surface area contributed by atoms with E-state index in [0.29, 0.717) is 27.8 Å². The molecule has 0 aliphatic heterocycles. The van der Waals surface area contributed by atoms with Gasteiger partial charge >= 0.3 is 0 Å². The molecule has 0 saturated carbocycles. The van der Waals surface area contributed by atoms with Crippen molar-refractivity contribution < 1.29 is 17.9 Å². The summed E-state index contributed by atoms with van der Waals surface area (Å²) >= 11 is 6.27. The summed E-state index contributed by atoms with van der Waals surface area (Å²) in [5.74, 6) is 0.177. The summed E-state index contributed by atoms with van der Waals surface area (Å²) in [5, 5.41) is 3.30. The lowest BCUT2D eigenvalue weighted by Gasteiger charge is -2.21. The van der Waals surface area contributed by atoms with Crippen LogP contribution in [0.3, 0.4) is 0 Å². The van der Waals surface area contributed by atoms with Crippen molar-refractivity contribution in [2.24, 2.45) is 0 Å². The van der Waals surface area contributed by atoms with Crippen LogP contribution < -0.4 is 19.3 Å². The molecule has 0 spiro atoms. The Hall–Kier alpha value is -3.23. The van der Waals surface area contributed by atoms with Crippen LogP contribution in [-0.2, 0) is 10.0 Å². The van der Waals surface area contributed by atoms with E-state index in [1.807, 2.05) is 14.1 Å². The van der Waals surface area contributed by atoms with E-state index in [2.05, 4.69) is 5.32 Å². The zero-order valence-electron chi connectivity index (χ0n) is 18.2. The quantitative estimate of drug-likeness (QED) is 0.547. The van der Waals surface area contributed by atoms with Crippen molar-refractivity contribution in [2.75, 3.05) is 42.8 Å². The van der Waals surface area contributed by atoms with E-state index in [1.54, 1.807) is 53.4 Å². The van der Waals surface area contributed by atoms with Crippen LogP contribution in [0.25, 0.3) is 0 Å². The fraction of sp³-hybridized carbons (Fsp3) is 0.174. The summed E-state index contributed by atoms with van der Waals surface area (Å²) in [7, 11) is 2.75. The summed E-state index contributed by atoms with van der Waals surface area (Å²) in [6.45, 7) is 0. The van der Waals surface area contributed by atoms with Gasteiger partial charge in [-0.2, -0.15) is 0 Å². The summed E-state index contributed by atoms with van der Waals surface area (Å²) in [6.07, 6.45) is 0. The van der Waals surface area contributed by atoms with Crippen LogP contribution in [0.2, 0.25) is 5.02 Å². The number of carbonyl (C=O) groups is 1. The van der Waals surface area contributed by atoms with E-state index in [4.69, 9.17) is 16.3 Å². The minimum absolute atomic E-state index is 0.00222. The van der Waals surface area contributed by atoms with Gasteiger partial charge in [0.1, 0.15) is 5.75 Å². The van der Waals surface area contributed by atoms with Gasteiger partial charge in [-0.15, -0.1) is 0 Å². The molecule has 3 aromatic rings. The molecule has 1 amide bonds. The van der Waals surface area contributed by atoms with E-state index in [9.17, 15) is 13.2 Å². The SMILES string of the molecule is COc1ccc(N(C)S(=O)(=O)c2cccc(C(=O)Nc3cccc(Cl)c3N(C)C)c2)cc1. The number of halogens is 1. The molecule has 0 aromatic heterocycles. The number of anilines is 3. The second-order valence-electron chi connectivity index (χ2n) is 7.18. The number of sulfonamides is 1. The first-order chi connectivity index (χ1) is 15.1. The van der Waals surface area contributed by atoms with Gasteiger partial charge in [0.25, 0.3) is 15.9 Å². The molecule has 168 valence electrons. The summed E-state index contributed by atoms with van der Waals surface area (Å²) in [6, 6.07) is 17.7. The van der Waals surface area contributed by atoms with Gasteiger partial charge < -0.3 is 15.0 Å². The molecule has 32 heavy (non-hydrogen) atoms. The second-order valence-corrected chi connectivity index (χ2v) is 9.56. The zero-order chi connectivity index (χ0) is 23.5. The van der Waals surface area contributed by atoms with Gasteiger partial charge in [0.2, 0.25) is 0 Å². The van der Waals surface area contributed by atoms with Crippen LogP contribution >= 0.6 is 11.6 Å². The number of hydrogen-bond acceptors (Lipinski definition) is 5. The molecule has 0 unspecified atom stereocenters. The van der Waals surface area contributed by atoms with E-state index in [1.165, 1.54) is 32.4 Å². The summed E-state index contributed by atoms with van der Waals surface area (Å²) in [4.78, 5) is 14.7. The highest BCUT2D eigenvalue weighted by Gasteiger charge is 2.23. The third-order valence-electron chi connectivity index (χ3n) is 4.87. The van der Waals surface area contributed by atoms with Crippen molar-refractivity contribution in [1.82, 2.24) is 0 Å². The van der Waals surface area contributed by atoms with Crippen LogP contribution in [0.1, 0.15) is 10.4 Å². The Labute approximate surface area is 193 Å². The predicted octanol–water partition coefficient (Wildman–Crippen LogP) is 4.49. The molecule has 9 heteroatoms. The van der Waals surface area contributed by atoms with Crippen molar-refractivity contribution in [2.45, 2.75) is 4.90 Å². The Morgan fingerprint density at radius 3 is 2.25 bits per heavy atom. The Morgan fingerprint density at radius 2 is 1.62 bits per heavy atom. The summed E-state index contributed by atoms with van der Waals surface area (Å²) in [5.41, 5.74) is 1.86. The lowest BCUT2D eigenvalue weighted by molar-refractivity contribution is 0.102. The summed E-state index contributed by atoms with van der Waals surface area (Å²) < 4.78 is 32.6. The van der Waals surface area contributed by atoms with Gasteiger partial charge in [0.05, 0.1) is 34.1 Å². The van der Waals surface area contributed by atoms with Crippen molar-refractivity contribution in [3.63, 3.8) is 0 Å². The Morgan fingerprint density at radius 1 is 0.969 bits per heavy atom. The maximum Gasteiger partial charge on any atom is 0.264 e. The fourth-order valence-corrected chi connectivity index (χ4v) is 4.74. The van der Waals surface area contributed by atoms with Gasteiger partial charge in [0, 0.05) is 26.7 Å². The number of carbonyl (C=O) groups excluding carboxylic acids is 1. The number of hydrogen-bond donors (Lipinski definition) is 1. The molecule has 0 heterocycles. The zero-order valence-corrected chi connectivity index (χ0v) is 19.7. The molecule has 0 bridgehead atoms. The van der Waals surface area contributed by atoms with Crippen LogP contribution in [0, 0.1) is 0 Å². The smallest absolute Gasteiger partial charge is 0.264 e. The number of benzene rings is 3. The molecule has 0 aliphatic rings. The largest absolute Gasteiger partial charge is 0.497 e. The molecule has 0 aliphatic carbocycles. The standard InChI is InChI=1S/C23H24ClN3O4S/c1-26(2)22-20(24)9-6-10-21(22)25-23(28)16-7-5-8-19(15-16)32(29,30)27(3)17-11-13-18(31-4)14-12-17/h5-15H,1-4H3,(H,25,28). The lowest BCUT2D eigenvalue weighted by Crippen LogP contribution is -2.27. The predicted molar refractivity (Wildman–Crippen MR) is 129 cm³/mol. The third-order valence-corrected chi connectivity index (χ3v) is 6.96. The number of nitrogens with zero attached hydrogens (tertiary/aromatic N) is 2. The average molecular weight is 474 g/mol. The fourth-order valence-electron chi connectivity index (χ4n) is 3.15. The first-order valence-corrected chi connectivity index (χ1v) is 11.5. The van der Waals surface area contributed by atoms with Crippen LogP contribution in [-0.4, -0.2) is 42.6 Å². The highest BCUT2D eigenvalue weighted by Crippen LogP contribution is 2.33. The number of para-hydroxylation sites is 1. The molecule has 3 rings (SSSR count). The highest BCUT2D eigenvalue weighted by atomic mass is 35.5. The van der Waals surface area contributed by atoms with Crippen LogP contribution in [0.4, 0.5) is 17.1 Å². The maximum absolute atomic E-state index is 13.1. The first-order valence-electron chi connectivity index (χ1n) is 9.65. The molecular formula is C23H24ClN3O4S. The Bertz CT molecular complexity index is 1230. The van der Waals surface area contributed by atoms with Crippen molar-refractivity contribution in [3.8, 4) is 5.75 Å². The van der Waals surface area contributed by atoms with Gasteiger partial charge in [-0.3, -0.25) is 9.10 Å². The first kappa shape index (κ1) is 23.4. The third kappa shape index (κ3) is 4.81. The van der Waals surface area contributed by atoms with E-state index >= 15 is 0 Å². The van der Waals surface area contributed by atoms with Gasteiger partial charge in [-0.05, 0) is 54.6 Å². The molecule has 0 saturated heterocycles. The number of nitrogens with one attached hydrogen (secondary N) is 1. The molecule has 1 N–H and O–H groups in total. The Kier molecular flexibility index (Phi) is 6.96. The monoisotopic (exact) mass is 473 g/mol. The second kappa shape index (κ2) is 9.50. The van der Waals surface area contributed by atoms with Crippen molar-refractivity contribution >= 4 is 44.6 Å². The van der Waals surface area contributed by atoms with Crippen LogP contribution in [0.15, 0.2) is 71.6 Å². The van der Waals surface area contributed by atoms with Crippen molar-refractivity contribution in [1.29, 1.82) is 0 Å². The average Bonchev–Trinajstić information content (AvgIpc) is 2.78. The maximum atomic E-state index is 13.1. The molecule has 0 atom stereocenters. The minimum atomic E-state index is -3.89. The van der Waals surface area contributed by atoms with E-state index in [0.717, 1.165) is 4.31 Å². The highest BCUT2D eigenvalue weighted by molar-refractivity contribution is 7.92. The topological polar surface area (TPSA) is 78.9 Å².